The van der Waals surface area contributed by atoms with Crippen molar-refractivity contribution in [1.82, 2.24) is 15.3 Å². The van der Waals surface area contributed by atoms with E-state index in [1.165, 1.54) is 0 Å². The highest BCUT2D eigenvalue weighted by Crippen LogP contribution is 2.21. The lowest BCUT2D eigenvalue weighted by Gasteiger charge is -2.06. The molecule has 0 saturated heterocycles. The highest BCUT2D eigenvalue weighted by atomic mass is 19.4. The summed E-state index contributed by atoms with van der Waals surface area (Å²) in [5, 5.41) is 2.46. The topological polar surface area (TPSA) is 57.8 Å². The van der Waals surface area contributed by atoms with Gasteiger partial charge in [0.05, 0.1) is 17.5 Å². The van der Waals surface area contributed by atoms with Crippen LogP contribution in [0, 0.1) is 6.92 Å². The molecular formula is C14H16F3N3O. The molecule has 2 aromatic rings. The van der Waals surface area contributed by atoms with Crippen molar-refractivity contribution in [1.29, 1.82) is 0 Å². The van der Waals surface area contributed by atoms with Crippen LogP contribution in [0.1, 0.15) is 24.2 Å². The maximum Gasteiger partial charge on any atom is 0.389 e. The second-order valence-corrected chi connectivity index (χ2v) is 4.87. The Morgan fingerprint density at radius 1 is 1.38 bits per heavy atom. The third-order valence-electron chi connectivity index (χ3n) is 3.08. The molecule has 0 aliphatic carbocycles. The summed E-state index contributed by atoms with van der Waals surface area (Å²) in [5.74, 6) is 0.107. The number of nitrogens with zero attached hydrogens (tertiary/aromatic N) is 1. The fraction of sp³-hybridized carbons (Fsp3) is 0.429. The van der Waals surface area contributed by atoms with Crippen molar-refractivity contribution >= 4 is 16.9 Å². The maximum absolute atomic E-state index is 12.0. The lowest BCUT2D eigenvalue weighted by atomic mass is 10.2. The van der Waals surface area contributed by atoms with Crippen LogP contribution in [0.5, 0.6) is 0 Å². The minimum absolute atomic E-state index is 0.259. The number of rotatable bonds is 5. The normalized spacial score (nSPS) is 11.8. The van der Waals surface area contributed by atoms with E-state index in [0.717, 1.165) is 16.6 Å². The summed E-state index contributed by atoms with van der Waals surface area (Å²) in [5.41, 5.74) is 2.83. The number of para-hydroxylation sites is 1. The molecule has 4 nitrogen and oxygen atoms in total. The zero-order valence-electron chi connectivity index (χ0n) is 11.5. The van der Waals surface area contributed by atoms with Gasteiger partial charge in [-0.25, -0.2) is 4.98 Å². The summed E-state index contributed by atoms with van der Waals surface area (Å²) < 4.78 is 35.9. The van der Waals surface area contributed by atoms with Gasteiger partial charge in [0, 0.05) is 19.4 Å². The Hall–Kier alpha value is -2.05. The molecule has 1 aromatic carbocycles. The molecule has 0 bridgehead atoms. The number of carbonyl (C=O) groups excluding carboxylic acids is 1. The molecule has 2 N–H and O–H groups in total. The van der Waals surface area contributed by atoms with Crippen molar-refractivity contribution in [2.75, 3.05) is 6.54 Å². The van der Waals surface area contributed by atoms with Crippen LogP contribution in [-0.4, -0.2) is 28.6 Å². The number of carbonyl (C=O) groups is 1. The number of amides is 1. The third-order valence-corrected chi connectivity index (χ3v) is 3.08. The van der Waals surface area contributed by atoms with Crippen LogP contribution >= 0.6 is 0 Å². The van der Waals surface area contributed by atoms with Gasteiger partial charge in [-0.15, -0.1) is 0 Å². The van der Waals surface area contributed by atoms with E-state index in [0.29, 0.717) is 12.2 Å². The quantitative estimate of drug-likeness (QED) is 0.892. The molecule has 1 amide bonds. The van der Waals surface area contributed by atoms with Gasteiger partial charge >= 0.3 is 6.18 Å². The Morgan fingerprint density at radius 2 is 2.14 bits per heavy atom. The Morgan fingerprint density at radius 3 is 2.81 bits per heavy atom. The molecule has 0 spiro atoms. The van der Waals surface area contributed by atoms with Crippen LogP contribution in [0.15, 0.2) is 18.2 Å². The number of aromatic amines is 1. The van der Waals surface area contributed by atoms with Crippen molar-refractivity contribution in [2.45, 2.75) is 32.4 Å². The number of hydrogen-bond acceptors (Lipinski definition) is 2. The molecule has 2 rings (SSSR count). The number of nitrogens with one attached hydrogen (secondary N) is 2. The highest BCUT2D eigenvalue weighted by molar-refractivity contribution is 5.78. The first-order chi connectivity index (χ1) is 9.85. The predicted molar refractivity (Wildman–Crippen MR) is 72.8 cm³/mol. The molecule has 0 radical (unpaired) electrons. The molecular weight excluding hydrogens is 283 g/mol. The molecule has 7 heteroatoms. The molecule has 0 aliphatic heterocycles. The maximum atomic E-state index is 12.0. The van der Waals surface area contributed by atoms with Gasteiger partial charge in [0.15, 0.2) is 0 Å². The van der Waals surface area contributed by atoms with E-state index in [1.54, 1.807) is 0 Å². The van der Waals surface area contributed by atoms with E-state index >= 15 is 0 Å². The van der Waals surface area contributed by atoms with Gasteiger partial charge in [-0.2, -0.15) is 13.2 Å². The number of halogens is 3. The van der Waals surface area contributed by atoms with E-state index in [2.05, 4.69) is 15.3 Å². The fourth-order valence-electron chi connectivity index (χ4n) is 2.01. The largest absolute Gasteiger partial charge is 0.389 e. The van der Waals surface area contributed by atoms with Gasteiger partial charge in [-0.1, -0.05) is 12.1 Å². The molecule has 0 unspecified atom stereocenters. The molecule has 0 atom stereocenters. The van der Waals surface area contributed by atoms with Gasteiger partial charge in [0.25, 0.3) is 0 Å². The van der Waals surface area contributed by atoms with E-state index in [9.17, 15) is 18.0 Å². The summed E-state index contributed by atoms with van der Waals surface area (Å²) >= 11 is 0. The number of hydrogen-bond donors (Lipinski definition) is 2. The van der Waals surface area contributed by atoms with Gasteiger partial charge < -0.3 is 10.3 Å². The average Bonchev–Trinajstić information content (AvgIpc) is 2.80. The third kappa shape index (κ3) is 4.47. The highest BCUT2D eigenvalue weighted by Gasteiger charge is 2.27. The van der Waals surface area contributed by atoms with Crippen LogP contribution in [0.25, 0.3) is 11.0 Å². The molecule has 21 heavy (non-hydrogen) atoms. The number of aryl methyl sites for hydroxylation is 1. The van der Waals surface area contributed by atoms with Crippen molar-refractivity contribution in [3.63, 3.8) is 0 Å². The van der Waals surface area contributed by atoms with Crippen LogP contribution in [0.3, 0.4) is 0 Å². The Bertz CT molecular complexity index is 634. The monoisotopic (exact) mass is 299 g/mol. The second-order valence-electron chi connectivity index (χ2n) is 4.87. The number of H-pyrrole nitrogens is 1. The molecule has 1 heterocycles. The van der Waals surface area contributed by atoms with Crippen molar-refractivity contribution in [3.8, 4) is 0 Å². The lowest BCUT2D eigenvalue weighted by molar-refractivity contribution is -0.144. The van der Waals surface area contributed by atoms with Gasteiger partial charge in [0.1, 0.15) is 5.82 Å². The Labute approximate surface area is 119 Å². The van der Waals surface area contributed by atoms with Crippen LogP contribution in [0.2, 0.25) is 0 Å². The minimum atomic E-state index is -4.30. The van der Waals surface area contributed by atoms with Gasteiger partial charge in [0.2, 0.25) is 5.91 Å². The molecule has 0 fully saturated rings. The van der Waals surface area contributed by atoms with Crippen molar-refractivity contribution in [2.24, 2.45) is 0 Å². The SMILES string of the molecule is Cc1cccc2[nH]c(CCNC(=O)CCC(F)(F)F)nc12. The molecule has 114 valence electrons. The van der Waals surface area contributed by atoms with Crippen LogP contribution in [-0.2, 0) is 11.2 Å². The van der Waals surface area contributed by atoms with Crippen molar-refractivity contribution in [3.05, 3.63) is 29.6 Å². The molecule has 1 aromatic heterocycles. The van der Waals surface area contributed by atoms with E-state index in [-0.39, 0.29) is 6.54 Å². The molecule has 0 saturated carbocycles. The Kier molecular flexibility index (Phi) is 4.50. The standard InChI is InChI=1S/C14H16F3N3O/c1-9-3-2-4-10-13(9)20-11(19-10)6-8-18-12(21)5-7-14(15,16)17/h2-4H,5-8H2,1H3,(H,18,21)(H,19,20). The minimum Gasteiger partial charge on any atom is -0.356 e. The van der Waals surface area contributed by atoms with Gasteiger partial charge in [-0.05, 0) is 18.6 Å². The summed E-state index contributed by atoms with van der Waals surface area (Å²) in [6.07, 6.45) is -5.48. The molecule has 0 aliphatic rings. The van der Waals surface area contributed by atoms with Crippen molar-refractivity contribution < 1.29 is 18.0 Å². The van der Waals surface area contributed by atoms with Crippen LogP contribution < -0.4 is 5.32 Å². The summed E-state index contributed by atoms with van der Waals surface area (Å²) in [6.45, 7) is 2.21. The second kappa shape index (κ2) is 6.15. The summed E-state index contributed by atoms with van der Waals surface area (Å²) in [4.78, 5) is 18.8. The first-order valence-corrected chi connectivity index (χ1v) is 6.63. The summed E-state index contributed by atoms with van der Waals surface area (Å²) in [6, 6.07) is 5.77. The first kappa shape index (κ1) is 15.3. The average molecular weight is 299 g/mol. The number of fused-ring (bicyclic) bond motifs is 1. The number of imidazole rings is 1. The van der Waals surface area contributed by atoms with Gasteiger partial charge in [-0.3, -0.25) is 4.79 Å². The fourth-order valence-corrected chi connectivity index (χ4v) is 2.01. The smallest absolute Gasteiger partial charge is 0.356 e. The number of alkyl halides is 3. The zero-order chi connectivity index (χ0) is 15.5. The van der Waals surface area contributed by atoms with E-state index in [1.807, 2.05) is 25.1 Å². The summed E-state index contributed by atoms with van der Waals surface area (Å²) in [7, 11) is 0. The lowest BCUT2D eigenvalue weighted by Crippen LogP contribution is -2.27. The number of benzene rings is 1. The van der Waals surface area contributed by atoms with Crippen LogP contribution in [0.4, 0.5) is 13.2 Å². The first-order valence-electron chi connectivity index (χ1n) is 6.63. The van der Waals surface area contributed by atoms with E-state index < -0.39 is 24.9 Å². The Balaban J connectivity index is 1.82. The zero-order valence-corrected chi connectivity index (χ0v) is 11.5. The number of aromatic nitrogens is 2. The van der Waals surface area contributed by atoms with E-state index in [4.69, 9.17) is 0 Å². The predicted octanol–water partition coefficient (Wildman–Crippen LogP) is 2.87.